The van der Waals surface area contributed by atoms with Gasteiger partial charge in [-0.3, -0.25) is 9.59 Å². The maximum atomic E-state index is 12.0. The second-order valence-corrected chi connectivity index (χ2v) is 6.36. The van der Waals surface area contributed by atoms with E-state index in [1.807, 2.05) is 13.0 Å². The lowest BCUT2D eigenvalue weighted by molar-refractivity contribution is -0.114. The van der Waals surface area contributed by atoms with Crippen molar-refractivity contribution in [2.75, 3.05) is 16.8 Å². The molecule has 1 heterocycles. The smallest absolute Gasteiger partial charge is 0.299 e. The van der Waals surface area contributed by atoms with Crippen molar-refractivity contribution < 1.29 is 9.59 Å². The topological polar surface area (TPSA) is 37.4 Å². The summed E-state index contributed by atoms with van der Waals surface area (Å²) in [6, 6.07) is 3.68. The second-order valence-electron chi connectivity index (χ2n) is 4.65. The van der Waals surface area contributed by atoms with E-state index in [1.54, 1.807) is 11.0 Å². The Hall–Kier alpha value is -0.680. The highest BCUT2D eigenvalue weighted by Gasteiger charge is 2.36. The zero-order valence-corrected chi connectivity index (χ0v) is 13.9. The Labute approximate surface area is 129 Å². The summed E-state index contributed by atoms with van der Waals surface area (Å²) in [5, 5.41) is 0.975. The van der Waals surface area contributed by atoms with E-state index in [0.717, 1.165) is 40.3 Å². The normalized spacial score (nSPS) is 14.2. The van der Waals surface area contributed by atoms with Crippen LogP contribution in [0.4, 0.5) is 5.69 Å². The molecule has 0 aromatic heterocycles. The fourth-order valence-electron chi connectivity index (χ4n) is 2.36. The van der Waals surface area contributed by atoms with Crippen LogP contribution in [-0.2, 0) is 4.79 Å². The number of carbonyl (C=O) groups excluding carboxylic acids is 2. The van der Waals surface area contributed by atoms with Crippen LogP contribution >= 0.6 is 31.9 Å². The maximum absolute atomic E-state index is 12.0. The average Bonchev–Trinajstić information content (AvgIpc) is 2.60. The quantitative estimate of drug-likeness (QED) is 0.436. The van der Waals surface area contributed by atoms with E-state index in [2.05, 4.69) is 31.9 Å². The van der Waals surface area contributed by atoms with E-state index < -0.39 is 5.91 Å². The lowest BCUT2D eigenvalue weighted by atomic mass is 10.1. The molecule has 0 unspecified atom stereocenters. The Kier molecular flexibility index (Phi) is 4.79. The molecule has 1 aromatic rings. The summed E-state index contributed by atoms with van der Waals surface area (Å²) in [7, 11) is 0. The third-order valence-corrected chi connectivity index (χ3v) is 4.25. The molecule has 0 spiro atoms. The van der Waals surface area contributed by atoms with E-state index in [1.165, 1.54) is 0 Å². The number of nitrogens with zero attached hydrogens (tertiary/aromatic N) is 1. The van der Waals surface area contributed by atoms with Crippen LogP contribution in [0.15, 0.2) is 16.6 Å². The Balaban J connectivity index is 2.23. The van der Waals surface area contributed by atoms with Crippen LogP contribution in [0, 0.1) is 6.92 Å². The summed E-state index contributed by atoms with van der Waals surface area (Å²) >= 11 is 6.76. The minimum absolute atomic E-state index is 0.389. The molecule has 5 heteroatoms. The highest BCUT2D eigenvalue weighted by atomic mass is 79.9. The Morgan fingerprint density at radius 3 is 2.58 bits per heavy atom. The van der Waals surface area contributed by atoms with Gasteiger partial charge in [0.2, 0.25) is 0 Å². The molecule has 0 aliphatic carbocycles. The molecule has 0 fully saturated rings. The van der Waals surface area contributed by atoms with Gasteiger partial charge in [-0.15, -0.1) is 0 Å². The molecule has 1 amide bonds. The standard InChI is InChI=1S/C14H15Br2NO2/c1-9-7-10(16)8-11-12(9)17(14(19)13(11)18)6-4-2-3-5-15/h7-8H,2-6H2,1H3. The SMILES string of the molecule is Cc1cc(Br)cc2c1N(CCCCCBr)C(=O)C2=O. The van der Waals surface area contributed by atoms with Gasteiger partial charge in [0, 0.05) is 16.3 Å². The van der Waals surface area contributed by atoms with Crippen LogP contribution in [0.3, 0.4) is 0 Å². The van der Waals surface area contributed by atoms with Gasteiger partial charge < -0.3 is 4.90 Å². The predicted molar refractivity (Wildman–Crippen MR) is 83.2 cm³/mol. The second kappa shape index (κ2) is 6.18. The Morgan fingerprint density at radius 2 is 1.89 bits per heavy atom. The van der Waals surface area contributed by atoms with Crippen LogP contribution < -0.4 is 4.90 Å². The number of hydrogen-bond donors (Lipinski definition) is 0. The zero-order chi connectivity index (χ0) is 14.0. The number of unbranched alkanes of at least 4 members (excludes halogenated alkanes) is 2. The third kappa shape index (κ3) is 2.92. The average molecular weight is 389 g/mol. The lowest BCUT2D eigenvalue weighted by Crippen LogP contribution is -2.31. The number of carbonyl (C=O) groups is 2. The number of rotatable bonds is 5. The van der Waals surface area contributed by atoms with Crippen molar-refractivity contribution in [2.45, 2.75) is 26.2 Å². The molecule has 0 radical (unpaired) electrons. The molecule has 3 nitrogen and oxygen atoms in total. The molecule has 2 rings (SSSR count). The number of fused-ring (bicyclic) bond motifs is 1. The molecule has 0 N–H and O–H groups in total. The van der Waals surface area contributed by atoms with Gasteiger partial charge >= 0.3 is 0 Å². The minimum atomic E-state index is -0.393. The third-order valence-electron chi connectivity index (χ3n) is 3.23. The van der Waals surface area contributed by atoms with Crippen LogP contribution in [0.5, 0.6) is 0 Å². The van der Waals surface area contributed by atoms with Crippen LogP contribution in [0.25, 0.3) is 0 Å². The maximum Gasteiger partial charge on any atom is 0.299 e. The summed E-state index contributed by atoms with van der Waals surface area (Å²) in [5.74, 6) is -0.782. The largest absolute Gasteiger partial charge is 0.304 e. The van der Waals surface area contributed by atoms with E-state index in [-0.39, 0.29) is 5.78 Å². The number of alkyl halides is 1. The van der Waals surface area contributed by atoms with Gasteiger partial charge in [0.15, 0.2) is 0 Å². The summed E-state index contributed by atoms with van der Waals surface area (Å²) < 4.78 is 0.839. The van der Waals surface area contributed by atoms with Gasteiger partial charge in [-0.05, 0) is 37.5 Å². The summed E-state index contributed by atoms with van der Waals surface area (Å²) in [6.07, 6.45) is 3.05. The molecule has 1 aliphatic rings. The lowest BCUT2D eigenvalue weighted by Gasteiger charge is -2.18. The van der Waals surface area contributed by atoms with Crippen molar-refractivity contribution in [3.8, 4) is 0 Å². The number of Topliss-reactive ketones (excluding diaryl/α,β-unsaturated/α-hetero) is 1. The molecular formula is C14H15Br2NO2. The summed E-state index contributed by atoms with van der Waals surface area (Å²) in [5.41, 5.74) is 2.28. The molecule has 1 aliphatic heterocycles. The number of halogens is 2. The van der Waals surface area contributed by atoms with Crippen LogP contribution in [0.2, 0.25) is 0 Å². The van der Waals surface area contributed by atoms with E-state index in [4.69, 9.17) is 0 Å². The van der Waals surface area contributed by atoms with Gasteiger partial charge in [0.1, 0.15) is 0 Å². The number of aryl methyl sites for hydroxylation is 1. The monoisotopic (exact) mass is 387 g/mol. The van der Waals surface area contributed by atoms with Gasteiger partial charge in [0.25, 0.3) is 11.7 Å². The molecule has 19 heavy (non-hydrogen) atoms. The summed E-state index contributed by atoms with van der Waals surface area (Å²) in [6.45, 7) is 2.55. The number of benzene rings is 1. The molecule has 0 saturated carbocycles. The van der Waals surface area contributed by atoms with E-state index >= 15 is 0 Å². The predicted octanol–water partition coefficient (Wildman–Crippen LogP) is 3.85. The molecule has 1 aromatic carbocycles. The van der Waals surface area contributed by atoms with Crippen molar-refractivity contribution >= 4 is 49.2 Å². The molecule has 102 valence electrons. The first-order valence-electron chi connectivity index (χ1n) is 6.28. The van der Waals surface area contributed by atoms with Crippen LogP contribution in [-0.4, -0.2) is 23.6 Å². The number of amides is 1. The molecular weight excluding hydrogens is 374 g/mol. The van der Waals surface area contributed by atoms with Crippen molar-refractivity contribution in [1.29, 1.82) is 0 Å². The number of anilines is 1. The van der Waals surface area contributed by atoms with Gasteiger partial charge in [-0.25, -0.2) is 0 Å². The fourth-order valence-corrected chi connectivity index (χ4v) is 3.33. The first-order chi connectivity index (χ1) is 9.06. The minimum Gasteiger partial charge on any atom is -0.304 e. The number of ketones is 1. The van der Waals surface area contributed by atoms with E-state index in [9.17, 15) is 9.59 Å². The highest BCUT2D eigenvalue weighted by Crippen LogP contribution is 2.35. The molecule has 0 atom stereocenters. The Bertz CT molecular complexity index is 528. The van der Waals surface area contributed by atoms with Gasteiger partial charge in [-0.2, -0.15) is 0 Å². The zero-order valence-electron chi connectivity index (χ0n) is 10.7. The fraction of sp³-hybridized carbons (Fsp3) is 0.429. The molecule has 0 saturated heterocycles. The number of hydrogen-bond acceptors (Lipinski definition) is 2. The first kappa shape index (κ1) is 14.7. The highest BCUT2D eigenvalue weighted by molar-refractivity contribution is 9.10. The van der Waals surface area contributed by atoms with Gasteiger partial charge in [0.05, 0.1) is 11.3 Å². The van der Waals surface area contributed by atoms with Crippen molar-refractivity contribution in [1.82, 2.24) is 0 Å². The van der Waals surface area contributed by atoms with Crippen molar-refractivity contribution in [2.24, 2.45) is 0 Å². The Morgan fingerprint density at radius 1 is 1.16 bits per heavy atom. The van der Waals surface area contributed by atoms with Crippen molar-refractivity contribution in [3.63, 3.8) is 0 Å². The van der Waals surface area contributed by atoms with Gasteiger partial charge in [-0.1, -0.05) is 38.3 Å². The van der Waals surface area contributed by atoms with E-state index in [0.29, 0.717) is 12.1 Å². The molecule has 0 bridgehead atoms. The first-order valence-corrected chi connectivity index (χ1v) is 8.20. The summed E-state index contributed by atoms with van der Waals surface area (Å²) in [4.78, 5) is 25.7. The van der Waals surface area contributed by atoms with Crippen molar-refractivity contribution in [3.05, 3.63) is 27.7 Å². The van der Waals surface area contributed by atoms with Crippen LogP contribution in [0.1, 0.15) is 35.2 Å².